The van der Waals surface area contributed by atoms with E-state index in [-0.39, 0.29) is 17.1 Å². The Balaban J connectivity index is 0.00000122. The van der Waals surface area contributed by atoms with Gasteiger partial charge in [-0.3, -0.25) is 9.59 Å². The van der Waals surface area contributed by atoms with Crippen LogP contribution < -0.4 is 10.8 Å². The van der Waals surface area contributed by atoms with Gasteiger partial charge in [-0.2, -0.15) is 4.99 Å². The number of nitrogens with zero attached hydrogens (tertiary/aromatic N) is 4. The van der Waals surface area contributed by atoms with Crippen molar-refractivity contribution in [3.8, 4) is 0 Å². The van der Waals surface area contributed by atoms with Crippen LogP contribution in [0.4, 0.5) is 0 Å². The third-order valence-electron chi connectivity index (χ3n) is 5.20. The molecule has 1 heterocycles. The maximum Gasteiger partial charge on any atom is 0.273 e. The highest BCUT2D eigenvalue weighted by molar-refractivity contribution is 5.93. The minimum Gasteiger partial charge on any atom is -0.354 e. The van der Waals surface area contributed by atoms with E-state index in [2.05, 4.69) is 38.9 Å². The number of aromatic nitrogens is 2. The number of aryl methyl sites for hydroxylation is 2. The van der Waals surface area contributed by atoms with Gasteiger partial charge in [-0.25, -0.2) is 4.98 Å². The molecule has 0 atom stereocenters. The number of carbonyl (C=O) groups excluding carboxylic acids is 2. The molecule has 3 rings (SSSR count). The molecule has 1 aromatic heterocycles. The van der Waals surface area contributed by atoms with Crippen molar-refractivity contribution in [3.63, 3.8) is 0 Å². The predicted octanol–water partition coefficient (Wildman–Crippen LogP) is 3.39. The van der Waals surface area contributed by atoms with E-state index in [0.29, 0.717) is 25.0 Å². The summed E-state index contributed by atoms with van der Waals surface area (Å²) in [6, 6.07) is 14.2. The first-order valence-electron chi connectivity index (χ1n) is 10.9. The highest BCUT2D eigenvalue weighted by atomic mass is 16.2. The fourth-order valence-corrected chi connectivity index (χ4v) is 3.43. The van der Waals surface area contributed by atoms with Crippen molar-refractivity contribution < 1.29 is 9.59 Å². The van der Waals surface area contributed by atoms with Crippen molar-refractivity contribution in [1.82, 2.24) is 19.8 Å². The summed E-state index contributed by atoms with van der Waals surface area (Å²) in [6.07, 6.45) is 2.21. The summed E-state index contributed by atoms with van der Waals surface area (Å²) in [5.41, 5.74) is 5.39. The summed E-state index contributed by atoms with van der Waals surface area (Å²) in [4.78, 5) is 34.4. The van der Waals surface area contributed by atoms with Gasteiger partial charge in [-0.15, -0.1) is 6.58 Å². The molecule has 0 saturated heterocycles. The smallest absolute Gasteiger partial charge is 0.273 e. The molecule has 2 amide bonds. The summed E-state index contributed by atoms with van der Waals surface area (Å²) in [5.74, 6) is -0.373. The molecule has 0 aliphatic carbocycles. The van der Waals surface area contributed by atoms with Gasteiger partial charge in [0.25, 0.3) is 5.91 Å². The van der Waals surface area contributed by atoms with E-state index >= 15 is 0 Å². The lowest BCUT2D eigenvalue weighted by Gasteiger charge is -2.20. The molecule has 0 saturated carbocycles. The summed E-state index contributed by atoms with van der Waals surface area (Å²) < 4.78 is 1.91. The van der Waals surface area contributed by atoms with Gasteiger partial charge in [-0.05, 0) is 56.6 Å². The van der Waals surface area contributed by atoms with Crippen LogP contribution >= 0.6 is 0 Å². The Bertz CT molecular complexity index is 1180. The zero-order valence-corrected chi connectivity index (χ0v) is 20.1. The maximum absolute atomic E-state index is 12.5. The fraction of sp³-hybridized carbons (Fsp3) is 0.308. The zero-order chi connectivity index (χ0) is 24.4. The summed E-state index contributed by atoms with van der Waals surface area (Å²) in [6.45, 7) is 11.4. The van der Waals surface area contributed by atoms with Crippen LogP contribution in [0.25, 0.3) is 11.0 Å². The predicted molar refractivity (Wildman–Crippen MR) is 133 cm³/mol. The Morgan fingerprint density at radius 3 is 2.45 bits per heavy atom. The van der Waals surface area contributed by atoms with Crippen LogP contribution in [0.5, 0.6) is 0 Å². The van der Waals surface area contributed by atoms with Crippen molar-refractivity contribution in [2.75, 3.05) is 20.6 Å². The maximum atomic E-state index is 12.5. The van der Waals surface area contributed by atoms with E-state index < -0.39 is 0 Å². The van der Waals surface area contributed by atoms with Gasteiger partial charge < -0.3 is 14.8 Å². The number of fused-ring (bicyclic) bond motifs is 1. The van der Waals surface area contributed by atoms with E-state index in [1.165, 1.54) is 12.6 Å². The second-order valence-electron chi connectivity index (χ2n) is 7.81. The van der Waals surface area contributed by atoms with Crippen molar-refractivity contribution in [3.05, 3.63) is 83.0 Å². The highest BCUT2D eigenvalue weighted by Crippen LogP contribution is 2.17. The molecule has 0 radical (unpaired) electrons. The van der Waals surface area contributed by atoms with Crippen LogP contribution in [0.1, 0.15) is 34.1 Å². The number of hydrogen-bond donors (Lipinski definition) is 1. The van der Waals surface area contributed by atoms with Crippen molar-refractivity contribution in [1.29, 1.82) is 0 Å². The number of amides is 2. The molecular formula is C26H33N5O2. The van der Waals surface area contributed by atoms with Crippen LogP contribution in [-0.4, -0.2) is 47.4 Å². The second kappa shape index (κ2) is 12.5. The van der Waals surface area contributed by atoms with Gasteiger partial charge in [0.15, 0.2) is 11.2 Å². The Morgan fingerprint density at radius 1 is 1.21 bits per heavy atom. The first kappa shape index (κ1) is 25.7. The number of nitrogens with one attached hydrogen (secondary N) is 1. The minimum absolute atomic E-state index is 0.145. The van der Waals surface area contributed by atoms with Crippen LogP contribution in [0.15, 0.2) is 60.1 Å². The molecule has 2 aromatic carbocycles. The van der Waals surface area contributed by atoms with Crippen molar-refractivity contribution >= 4 is 23.4 Å². The normalized spacial score (nSPS) is 11.2. The lowest BCUT2D eigenvalue weighted by molar-refractivity contribution is -0.107. The summed E-state index contributed by atoms with van der Waals surface area (Å²) in [7, 11) is 3.58. The summed E-state index contributed by atoms with van der Waals surface area (Å²) in [5, 5.41) is 2.59. The lowest BCUT2D eigenvalue weighted by Crippen LogP contribution is -2.36. The van der Waals surface area contributed by atoms with E-state index in [9.17, 15) is 9.59 Å². The molecule has 0 fully saturated rings. The SMILES string of the molecule is C=CC.CNC(=O)c1nc2cc(C)c(C)cc2n(CCN(C)Cc2ccccc2)c1=NC=O. The van der Waals surface area contributed by atoms with Gasteiger partial charge in [0.2, 0.25) is 6.41 Å². The zero-order valence-electron chi connectivity index (χ0n) is 20.1. The molecule has 7 nitrogen and oxygen atoms in total. The third kappa shape index (κ3) is 6.70. The molecule has 33 heavy (non-hydrogen) atoms. The number of hydrogen-bond acceptors (Lipinski definition) is 4. The molecule has 7 heteroatoms. The number of likely N-dealkylation sites (N-methyl/N-ethyl adjacent to an activating group) is 1. The van der Waals surface area contributed by atoms with Crippen LogP contribution in [0.3, 0.4) is 0 Å². The molecule has 1 N–H and O–H groups in total. The lowest BCUT2D eigenvalue weighted by atomic mass is 10.1. The highest BCUT2D eigenvalue weighted by Gasteiger charge is 2.16. The Kier molecular flexibility index (Phi) is 9.69. The quantitative estimate of drug-likeness (QED) is 0.445. The molecule has 0 unspecified atom stereocenters. The molecule has 174 valence electrons. The van der Waals surface area contributed by atoms with Gasteiger partial charge >= 0.3 is 0 Å². The van der Waals surface area contributed by atoms with Crippen molar-refractivity contribution in [2.45, 2.75) is 33.9 Å². The van der Waals surface area contributed by atoms with Crippen LogP contribution in [-0.2, 0) is 17.9 Å². The van der Waals surface area contributed by atoms with E-state index in [4.69, 9.17) is 0 Å². The molecule has 0 aliphatic rings. The average molecular weight is 448 g/mol. The largest absolute Gasteiger partial charge is 0.354 e. The first-order chi connectivity index (χ1) is 15.9. The topological polar surface area (TPSA) is 79.6 Å². The number of benzene rings is 2. The monoisotopic (exact) mass is 447 g/mol. The standard InChI is InChI=1S/C23H27N5O2.C3H6/c1-16-12-19-20(13-17(16)2)28(22(25-15-29)21(26-19)23(30)24-3)11-10-27(4)14-18-8-6-5-7-9-18;1-3-2/h5-9,12-13,15H,10-11,14H2,1-4H3,(H,24,30);3H,1H2,2H3. The number of rotatable bonds is 7. The minimum atomic E-state index is -0.373. The molecule has 3 aromatic rings. The van der Waals surface area contributed by atoms with Gasteiger partial charge in [0.1, 0.15) is 0 Å². The van der Waals surface area contributed by atoms with Gasteiger partial charge in [0.05, 0.1) is 11.0 Å². The van der Waals surface area contributed by atoms with Gasteiger partial charge in [0, 0.05) is 26.7 Å². The van der Waals surface area contributed by atoms with E-state index in [1.807, 2.05) is 62.7 Å². The summed E-state index contributed by atoms with van der Waals surface area (Å²) >= 11 is 0. The Morgan fingerprint density at radius 2 is 1.85 bits per heavy atom. The van der Waals surface area contributed by atoms with Gasteiger partial charge in [-0.1, -0.05) is 36.4 Å². The molecule has 0 bridgehead atoms. The molecule has 0 spiro atoms. The number of allylic oxidation sites excluding steroid dienone is 1. The Hall–Kier alpha value is -3.58. The molecular weight excluding hydrogens is 414 g/mol. The Labute approximate surface area is 195 Å². The molecule has 0 aliphatic heterocycles. The average Bonchev–Trinajstić information content (AvgIpc) is 2.80. The third-order valence-corrected chi connectivity index (χ3v) is 5.20. The number of carbonyl (C=O) groups is 2. The van der Waals surface area contributed by atoms with Crippen LogP contribution in [0, 0.1) is 13.8 Å². The van der Waals surface area contributed by atoms with E-state index in [1.54, 1.807) is 6.08 Å². The first-order valence-corrected chi connectivity index (χ1v) is 10.9. The fourth-order valence-electron chi connectivity index (χ4n) is 3.43. The van der Waals surface area contributed by atoms with Crippen LogP contribution in [0.2, 0.25) is 0 Å². The van der Waals surface area contributed by atoms with Crippen molar-refractivity contribution in [2.24, 2.45) is 4.99 Å². The van der Waals surface area contributed by atoms with E-state index in [0.717, 1.165) is 23.2 Å². The second-order valence-corrected chi connectivity index (χ2v) is 7.81.